The van der Waals surface area contributed by atoms with Gasteiger partial charge in [-0.3, -0.25) is 4.79 Å². The van der Waals surface area contributed by atoms with E-state index in [1.807, 2.05) is 0 Å². The molecule has 0 aliphatic heterocycles. The second-order valence-electron chi connectivity index (χ2n) is 4.48. The minimum absolute atomic E-state index is 0.797. The van der Waals surface area contributed by atoms with Crippen molar-refractivity contribution in [2.75, 3.05) is 0 Å². The number of ether oxygens (including phenoxy) is 1. The van der Waals surface area contributed by atoms with Crippen LogP contribution in [0.15, 0.2) is 0 Å². The summed E-state index contributed by atoms with van der Waals surface area (Å²) >= 11 is 0. The van der Waals surface area contributed by atoms with Crippen LogP contribution >= 0.6 is 0 Å². The molecule has 9 heteroatoms. The second kappa shape index (κ2) is 5.89. The molecule has 0 aromatic carbocycles. The molecule has 0 fully saturated rings. The Kier molecular flexibility index (Phi) is 5.40. The first kappa shape index (κ1) is 16.5. The van der Waals surface area contributed by atoms with Gasteiger partial charge in [0.2, 0.25) is 5.91 Å². The lowest BCUT2D eigenvalue weighted by atomic mass is 10.2. The van der Waals surface area contributed by atoms with Crippen molar-refractivity contribution in [1.82, 2.24) is 10.8 Å². The number of alkyl halides is 3. The molecule has 0 bridgehead atoms. The maximum atomic E-state index is 12.1. The smallest absolute Gasteiger partial charge is 0.408 e. The number of halogens is 3. The van der Waals surface area contributed by atoms with E-state index < -0.39 is 36.2 Å². The highest BCUT2D eigenvalue weighted by Crippen LogP contribution is 2.21. The summed E-state index contributed by atoms with van der Waals surface area (Å²) in [6.45, 7) is 4.50. The summed E-state index contributed by atoms with van der Waals surface area (Å²) in [6, 6.07) is -2.02. The molecule has 0 heterocycles. The Hall–Kier alpha value is -1.51. The topological polar surface area (TPSA) is 90.5 Å². The third kappa shape index (κ3) is 7.71. The van der Waals surface area contributed by atoms with E-state index in [1.54, 1.807) is 5.32 Å². The molecule has 0 rings (SSSR count). The zero-order valence-electron chi connectivity index (χ0n) is 10.1. The van der Waals surface area contributed by atoms with E-state index in [4.69, 9.17) is 0 Å². The van der Waals surface area contributed by atoms with Crippen LogP contribution < -0.4 is 10.8 Å². The van der Waals surface area contributed by atoms with Crippen molar-refractivity contribution in [1.29, 1.82) is 0 Å². The van der Waals surface area contributed by atoms with E-state index in [1.165, 1.54) is 20.8 Å². The summed E-state index contributed by atoms with van der Waals surface area (Å²) in [5, 5.41) is 11.8. The van der Waals surface area contributed by atoms with Gasteiger partial charge in [0.15, 0.2) is 0 Å². The minimum atomic E-state index is -4.70. The summed E-state index contributed by atoms with van der Waals surface area (Å²) in [4.78, 5) is 22.1. The molecule has 2 N–H and O–H groups in total. The molecular formula is C9H14F3N2O4-. The lowest BCUT2D eigenvalue weighted by Gasteiger charge is -2.24. The normalized spacial score (nSPS) is 13.7. The maximum Gasteiger partial charge on any atom is 0.408 e. The van der Waals surface area contributed by atoms with Gasteiger partial charge in [0.25, 0.3) is 0 Å². The monoisotopic (exact) mass is 271 g/mol. The number of rotatable bonds is 3. The van der Waals surface area contributed by atoms with E-state index >= 15 is 0 Å². The quantitative estimate of drug-likeness (QED) is 0.760. The number of amides is 2. The molecule has 106 valence electrons. The fraction of sp³-hybridized carbons (Fsp3) is 0.778. The van der Waals surface area contributed by atoms with Crippen molar-refractivity contribution in [3.8, 4) is 0 Å². The predicted octanol–water partition coefficient (Wildman–Crippen LogP) is 1.45. The SMILES string of the molecule is CC(C)(C)OC(=O)NC(CC(F)(F)F)C(=O)N[O-]. The second-order valence-corrected chi connectivity index (χ2v) is 4.48. The summed E-state index contributed by atoms with van der Waals surface area (Å²) in [6.07, 6.45) is -7.56. The van der Waals surface area contributed by atoms with Gasteiger partial charge in [-0.2, -0.15) is 13.2 Å². The van der Waals surface area contributed by atoms with Gasteiger partial charge in [-0.25, -0.2) is 4.79 Å². The highest BCUT2D eigenvalue weighted by molar-refractivity contribution is 5.85. The zero-order valence-corrected chi connectivity index (χ0v) is 10.1. The van der Waals surface area contributed by atoms with Crippen LogP contribution in [0.1, 0.15) is 27.2 Å². The summed E-state index contributed by atoms with van der Waals surface area (Å²) in [5.41, 5.74) is -0.133. The van der Waals surface area contributed by atoms with Crippen LogP contribution in [-0.4, -0.2) is 29.8 Å². The summed E-state index contributed by atoms with van der Waals surface area (Å²) < 4.78 is 41.0. The molecule has 2 amide bonds. The molecule has 6 nitrogen and oxygen atoms in total. The number of nitrogens with one attached hydrogen (secondary N) is 2. The van der Waals surface area contributed by atoms with Gasteiger partial charge in [0, 0.05) is 0 Å². The van der Waals surface area contributed by atoms with Gasteiger partial charge in [-0.05, 0) is 20.8 Å². The number of carbonyl (C=O) groups is 2. The van der Waals surface area contributed by atoms with Crippen LogP contribution in [0.4, 0.5) is 18.0 Å². The number of hydrogen-bond acceptors (Lipinski definition) is 4. The average molecular weight is 271 g/mol. The van der Waals surface area contributed by atoms with Crippen molar-refractivity contribution < 1.29 is 27.5 Å². The number of carbonyl (C=O) groups excluding carboxylic acids is 2. The largest absolute Gasteiger partial charge is 0.759 e. The fourth-order valence-electron chi connectivity index (χ4n) is 0.962. The van der Waals surface area contributed by atoms with Crippen molar-refractivity contribution in [3.05, 3.63) is 5.21 Å². The molecule has 0 saturated heterocycles. The van der Waals surface area contributed by atoms with E-state index in [2.05, 4.69) is 4.74 Å². The molecule has 0 radical (unpaired) electrons. The zero-order chi connectivity index (χ0) is 14.6. The molecular weight excluding hydrogens is 257 g/mol. The predicted molar refractivity (Wildman–Crippen MR) is 55.3 cm³/mol. The number of hydroxylamine groups is 1. The van der Waals surface area contributed by atoms with Crippen LogP contribution in [0.3, 0.4) is 0 Å². The van der Waals surface area contributed by atoms with Gasteiger partial charge in [-0.15, -0.1) is 0 Å². The lowest BCUT2D eigenvalue weighted by Crippen LogP contribution is -2.48. The number of alkyl carbamates (subject to hydrolysis) is 1. The molecule has 18 heavy (non-hydrogen) atoms. The van der Waals surface area contributed by atoms with Crippen molar-refractivity contribution in [3.63, 3.8) is 0 Å². The third-order valence-corrected chi connectivity index (χ3v) is 1.54. The Bertz CT molecular complexity index is 312. The van der Waals surface area contributed by atoms with Crippen LogP contribution in [0.25, 0.3) is 0 Å². The number of hydrogen-bond donors (Lipinski definition) is 2. The Balaban J connectivity index is 4.61. The average Bonchev–Trinajstić information content (AvgIpc) is 2.10. The molecule has 1 atom stereocenters. The van der Waals surface area contributed by atoms with Gasteiger partial charge in [-0.1, -0.05) is 0 Å². The summed E-state index contributed by atoms with van der Waals surface area (Å²) in [5.74, 6) is -1.49. The third-order valence-electron chi connectivity index (χ3n) is 1.54. The van der Waals surface area contributed by atoms with E-state index in [9.17, 15) is 28.0 Å². The standard InChI is InChI=1S/C9H14F3N2O4/c1-8(2,3)18-7(16)13-5(6(15)14-17)4-9(10,11)12/h5H,4H2,1-3H3,(H2-,13,14,15,16,17)/q-1. The van der Waals surface area contributed by atoms with E-state index in [-0.39, 0.29) is 0 Å². The van der Waals surface area contributed by atoms with E-state index in [0.717, 1.165) is 5.48 Å². The molecule has 0 aliphatic rings. The van der Waals surface area contributed by atoms with Gasteiger partial charge < -0.3 is 20.7 Å². The Morgan fingerprint density at radius 2 is 1.78 bits per heavy atom. The molecule has 0 spiro atoms. The Morgan fingerprint density at radius 3 is 2.11 bits per heavy atom. The van der Waals surface area contributed by atoms with E-state index in [0.29, 0.717) is 0 Å². The highest BCUT2D eigenvalue weighted by Gasteiger charge is 2.36. The first-order chi connectivity index (χ1) is 7.94. The van der Waals surface area contributed by atoms with Crippen LogP contribution in [0.2, 0.25) is 0 Å². The van der Waals surface area contributed by atoms with Crippen LogP contribution in [0, 0.1) is 5.21 Å². The first-order valence-electron chi connectivity index (χ1n) is 4.93. The first-order valence-corrected chi connectivity index (χ1v) is 4.93. The van der Waals surface area contributed by atoms with Crippen molar-refractivity contribution in [2.24, 2.45) is 0 Å². The van der Waals surface area contributed by atoms with Gasteiger partial charge >= 0.3 is 12.3 Å². The molecule has 0 aromatic heterocycles. The molecule has 0 aliphatic carbocycles. The van der Waals surface area contributed by atoms with Gasteiger partial charge in [0.05, 0.1) is 6.42 Å². The fourth-order valence-corrected chi connectivity index (χ4v) is 0.962. The maximum absolute atomic E-state index is 12.1. The van der Waals surface area contributed by atoms with Crippen molar-refractivity contribution in [2.45, 2.75) is 45.0 Å². The summed E-state index contributed by atoms with van der Waals surface area (Å²) in [7, 11) is 0. The minimum Gasteiger partial charge on any atom is -0.759 e. The Morgan fingerprint density at radius 1 is 1.28 bits per heavy atom. The Labute approximate surface area is 101 Å². The van der Waals surface area contributed by atoms with Crippen molar-refractivity contribution >= 4 is 12.0 Å². The molecule has 1 unspecified atom stereocenters. The molecule has 0 aromatic rings. The van der Waals surface area contributed by atoms with Gasteiger partial charge in [0.1, 0.15) is 11.6 Å². The lowest BCUT2D eigenvalue weighted by molar-refractivity contribution is -0.148. The highest BCUT2D eigenvalue weighted by atomic mass is 19.4. The van der Waals surface area contributed by atoms with Crippen LogP contribution in [-0.2, 0) is 9.53 Å². The van der Waals surface area contributed by atoms with Crippen LogP contribution in [0.5, 0.6) is 0 Å². The molecule has 0 saturated carbocycles.